The van der Waals surface area contributed by atoms with Crippen LogP contribution in [0.2, 0.25) is 0 Å². The summed E-state index contributed by atoms with van der Waals surface area (Å²) in [6.45, 7) is 22.5. The van der Waals surface area contributed by atoms with E-state index >= 15 is 0 Å². The smallest absolute Gasteiger partial charge is 0.0776 e. The molecule has 1 N–H and O–H groups in total. The quantitative estimate of drug-likeness (QED) is 0.126. The van der Waals surface area contributed by atoms with Gasteiger partial charge in [0.15, 0.2) is 0 Å². The van der Waals surface area contributed by atoms with Gasteiger partial charge in [-0.05, 0) is 133 Å². The van der Waals surface area contributed by atoms with Gasteiger partial charge in [-0.2, -0.15) is 0 Å². The Bertz CT molecular complexity index is 2150. The Morgan fingerprint density at radius 3 is 1.81 bits per heavy atom. The molecule has 2 aliphatic rings. The predicted octanol–water partition coefficient (Wildman–Crippen LogP) is 16.8. The Morgan fingerprint density at radius 2 is 1.25 bits per heavy atom. The topological polar surface area (TPSA) is 12.0 Å². The molecule has 0 amide bonds. The normalized spacial score (nSPS) is 14.2. The standard InChI is InChI=1S/C26H25N.C15H12.C7H12.C4H8.2C2H6/c1-3-16-26(17-18-26)27-23-14-12-21(13-15-23)19-22-9-5-7-11-25(22)24-10-6-4-8-20(24)2;1-11-10-12-6-2-3-8-14(12)15-9-5-4-7-13(11)15;1-7-5-3-2-4-6-7;1-3-4-2;2*1-2/h3-15,17-18,27H,1,16,19H2,2H3;2-10H,1H3;3,5,7H,2,4,6H2,1H3;3-4H,1-2H3;2*1-2H3/b;;;4-3-;;. The highest BCUT2D eigenvalue weighted by atomic mass is 15.0. The van der Waals surface area contributed by atoms with E-state index in [9.17, 15) is 0 Å². The van der Waals surface area contributed by atoms with Crippen LogP contribution in [0.5, 0.6) is 0 Å². The van der Waals surface area contributed by atoms with Gasteiger partial charge in [-0.15, -0.1) is 6.58 Å². The third-order valence-electron chi connectivity index (χ3n) is 10.0. The van der Waals surface area contributed by atoms with Crippen molar-refractivity contribution in [2.24, 2.45) is 5.92 Å². The van der Waals surface area contributed by atoms with Gasteiger partial charge in [0.05, 0.1) is 5.54 Å². The number of aryl methyl sites for hydroxylation is 2. The first-order valence-electron chi connectivity index (χ1n) is 21.3. The molecule has 6 aromatic rings. The second-order valence-corrected chi connectivity index (χ2v) is 14.3. The SMILES string of the molecule is C/C=C\C.C=CCC1(Nc2ccc(Cc3ccccc3-c3ccccc3C)cc2)C=C1.CC.CC.CC1C=CCCC1.Cc1cc2ccccc2c2ccccc12. The highest BCUT2D eigenvalue weighted by molar-refractivity contribution is 6.08. The molecular weight excluding hydrogens is 687 g/mol. The summed E-state index contributed by atoms with van der Waals surface area (Å²) in [5.41, 5.74) is 9.15. The molecule has 0 heterocycles. The molecule has 2 aliphatic carbocycles. The molecule has 0 fully saturated rings. The average molecular weight is 756 g/mol. The summed E-state index contributed by atoms with van der Waals surface area (Å²) in [7, 11) is 0. The zero-order valence-corrected chi connectivity index (χ0v) is 36.5. The lowest BCUT2D eigenvalue weighted by Gasteiger charge is -2.18. The van der Waals surface area contributed by atoms with Crippen LogP contribution < -0.4 is 5.32 Å². The monoisotopic (exact) mass is 756 g/mol. The van der Waals surface area contributed by atoms with Gasteiger partial charge >= 0.3 is 0 Å². The van der Waals surface area contributed by atoms with Gasteiger partial charge in [0, 0.05) is 5.69 Å². The Labute approximate surface area is 347 Å². The highest BCUT2D eigenvalue weighted by Crippen LogP contribution is 2.33. The molecule has 0 saturated carbocycles. The zero-order valence-electron chi connectivity index (χ0n) is 36.5. The molecule has 8 rings (SSSR count). The van der Waals surface area contributed by atoms with E-state index in [1.807, 2.05) is 59.8 Å². The molecular formula is C56H69N. The third-order valence-corrected chi connectivity index (χ3v) is 10.0. The van der Waals surface area contributed by atoms with Crippen LogP contribution in [0.3, 0.4) is 0 Å². The number of benzene rings is 6. The van der Waals surface area contributed by atoms with Crippen molar-refractivity contribution in [2.45, 2.75) is 100.0 Å². The average Bonchev–Trinajstić information content (AvgIpc) is 4.03. The minimum absolute atomic E-state index is 0.0146. The second kappa shape index (κ2) is 25.0. The van der Waals surface area contributed by atoms with Crippen molar-refractivity contribution < 1.29 is 0 Å². The maximum absolute atomic E-state index is 3.85. The molecule has 0 spiro atoms. The summed E-state index contributed by atoms with van der Waals surface area (Å²) in [5, 5.41) is 8.97. The minimum Gasteiger partial charge on any atom is -0.372 e. The molecule has 1 heteroatoms. The van der Waals surface area contributed by atoms with E-state index in [0.717, 1.165) is 24.4 Å². The van der Waals surface area contributed by atoms with Crippen LogP contribution in [0.15, 0.2) is 177 Å². The van der Waals surface area contributed by atoms with Crippen molar-refractivity contribution in [3.8, 4) is 11.1 Å². The fraction of sp³-hybridized carbons (Fsp3) is 0.286. The van der Waals surface area contributed by atoms with E-state index < -0.39 is 0 Å². The van der Waals surface area contributed by atoms with E-state index in [4.69, 9.17) is 0 Å². The number of fused-ring (bicyclic) bond motifs is 3. The van der Waals surface area contributed by atoms with Gasteiger partial charge in [0.25, 0.3) is 0 Å². The molecule has 1 nitrogen and oxygen atoms in total. The third kappa shape index (κ3) is 14.2. The number of hydrogen-bond donors (Lipinski definition) is 1. The van der Waals surface area contributed by atoms with E-state index in [-0.39, 0.29) is 5.54 Å². The molecule has 1 unspecified atom stereocenters. The van der Waals surface area contributed by atoms with E-state index in [1.54, 1.807) is 0 Å². The van der Waals surface area contributed by atoms with Crippen molar-refractivity contribution in [3.63, 3.8) is 0 Å². The fourth-order valence-electron chi connectivity index (χ4n) is 6.84. The highest BCUT2D eigenvalue weighted by Gasteiger charge is 2.32. The first-order valence-corrected chi connectivity index (χ1v) is 21.3. The molecule has 1 atom stereocenters. The molecule has 0 radical (unpaired) electrons. The van der Waals surface area contributed by atoms with Gasteiger partial charge < -0.3 is 5.32 Å². The maximum Gasteiger partial charge on any atom is 0.0776 e. The lowest BCUT2D eigenvalue weighted by atomic mass is 9.92. The summed E-state index contributed by atoms with van der Waals surface area (Å²) in [4.78, 5) is 0. The van der Waals surface area contributed by atoms with Crippen LogP contribution in [0, 0.1) is 19.8 Å². The van der Waals surface area contributed by atoms with Crippen molar-refractivity contribution in [1.29, 1.82) is 0 Å². The molecule has 298 valence electrons. The van der Waals surface area contributed by atoms with Crippen LogP contribution in [-0.2, 0) is 6.42 Å². The Balaban J connectivity index is 0.000000242. The lowest BCUT2D eigenvalue weighted by molar-refractivity contribution is 0.584. The Hall–Kier alpha value is -5.40. The predicted molar refractivity (Wildman–Crippen MR) is 258 cm³/mol. The van der Waals surface area contributed by atoms with Crippen LogP contribution in [0.4, 0.5) is 5.69 Å². The largest absolute Gasteiger partial charge is 0.372 e. The molecule has 0 saturated heterocycles. The fourth-order valence-corrected chi connectivity index (χ4v) is 6.84. The molecule has 0 bridgehead atoms. The molecule has 57 heavy (non-hydrogen) atoms. The van der Waals surface area contributed by atoms with Crippen LogP contribution in [0.25, 0.3) is 32.7 Å². The van der Waals surface area contributed by atoms with Crippen molar-refractivity contribution in [3.05, 3.63) is 199 Å². The van der Waals surface area contributed by atoms with Gasteiger partial charge in [-0.3, -0.25) is 0 Å². The van der Waals surface area contributed by atoms with Gasteiger partial charge in [0.1, 0.15) is 0 Å². The van der Waals surface area contributed by atoms with Gasteiger partial charge in [-0.1, -0.05) is 192 Å². The van der Waals surface area contributed by atoms with E-state index in [2.05, 4.69) is 184 Å². The Morgan fingerprint density at radius 1 is 0.667 bits per heavy atom. The number of allylic oxidation sites excluding steroid dienone is 4. The van der Waals surface area contributed by atoms with Crippen LogP contribution in [-0.4, -0.2) is 5.54 Å². The minimum atomic E-state index is 0.0146. The summed E-state index contributed by atoms with van der Waals surface area (Å²) >= 11 is 0. The first-order chi connectivity index (χ1) is 27.9. The van der Waals surface area contributed by atoms with Crippen molar-refractivity contribution in [1.82, 2.24) is 0 Å². The van der Waals surface area contributed by atoms with E-state index in [1.165, 1.54) is 74.2 Å². The lowest BCUT2D eigenvalue weighted by Crippen LogP contribution is -2.22. The Kier molecular flexibility index (Phi) is 20.1. The number of hydrogen-bond acceptors (Lipinski definition) is 1. The van der Waals surface area contributed by atoms with Crippen molar-refractivity contribution >= 4 is 27.2 Å². The summed E-state index contributed by atoms with van der Waals surface area (Å²) in [5.74, 6) is 0.855. The maximum atomic E-state index is 3.85. The van der Waals surface area contributed by atoms with Gasteiger partial charge in [-0.25, -0.2) is 0 Å². The number of rotatable bonds is 7. The molecule has 6 aromatic carbocycles. The second-order valence-electron chi connectivity index (χ2n) is 14.3. The summed E-state index contributed by atoms with van der Waals surface area (Å²) < 4.78 is 0. The van der Waals surface area contributed by atoms with Crippen LogP contribution >= 0.6 is 0 Å². The first kappa shape index (κ1) is 46.0. The summed E-state index contributed by atoms with van der Waals surface area (Å²) in [6, 6.07) is 45.5. The molecule has 0 aromatic heterocycles. The van der Waals surface area contributed by atoms with Crippen LogP contribution in [0.1, 0.15) is 96.4 Å². The van der Waals surface area contributed by atoms with Gasteiger partial charge in [0.2, 0.25) is 0 Å². The molecule has 0 aliphatic heterocycles. The zero-order chi connectivity index (χ0) is 41.5. The van der Waals surface area contributed by atoms with E-state index in [0.29, 0.717) is 0 Å². The number of anilines is 1. The summed E-state index contributed by atoms with van der Waals surface area (Å²) in [6.07, 6.45) is 20.9. The number of nitrogens with one attached hydrogen (secondary N) is 1. The van der Waals surface area contributed by atoms with Crippen molar-refractivity contribution in [2.75, 3.05) is 5.32 Å².